The lowest BCUT2D eigenvalue weighted by molar-refractivity contribution is 0.113. The van der Waals surface area contributed by atoms with E-state index in [1.165, 1.54) is 0 Å². The molecule has 1 aromatic heterocycles. The number of piperidine rings is 1. The Hall–Kier alpha value is -3.32. The second-order valence-corrected chi connectivity index (χ2v) is 8.47. The van der Waals surface area contributed by atoms with Crippen LogP contribution in [0.3, 0.4) is 0 Å². The molecule has 7 heteroatoms. The summed E-state index contributed by atoms with van der Waals surface area (Å²) >= 11 is 0. The maximum absolute atomic E-state index is 12.5. The smallest absolute Gasteiger partial charge is 0.360 e. The highest BCUT2D eigenvalue weighted by atomic mass is 16.5. The summed E-state index contributed by atoms with van der Waals surface area (Å²) in [4.78, 5) is 27.1. The van der Waals surface area contributed by atoms with Gasteiger partial charge in [-0.3, -0.25) is 0 Å². The van der Waals surface area contributed by atoms with Gasteiger partial charge in [0.15, 0.2) is 0 Å². The number of ether oxygens (including phenoxy) is 1. The Morgan fingerprint density at radius 3 is 2.59 bits per heavy atom. The number of aryl methyl sites for hydroxylation is 2. The Balaban J connectivity index is 0.00000204. The van der Waals surface area contributed by atoms with Gasteiger partial charge in [0.1, 0.15) is 23.1 Å². The van der Waals surface area contributed by atoms with Crippen LogP contribution in [0.4, 0.5) is 10.5 Å². The largest absolute Gasteiger partial charge is 0.490 e. The zero-order valence-corrected chi connectivity index (χ0v) is 18.7. The average Bonchev–Trinajstić information content (AvgIpc) is 2.78. The number of nitrogens with zero attached hydrogens (tertiary/aromatic N) is 1. The minimum Gasteiger partial charge on any atom is -0.490 e. The average molecular weight is 440 g/mol. The van der Waals surface area contributed by atoms with Crippen molar-refractivity contribution in [3.8, 4) is 5.75 Å². The molecular weight excluding hydrogens is 406 g/mol. The van der Waals surface area contributed by atoms with Crippen LogP contribution >= 0.6 is 0 Å². The lowest BCUT2D eigenvalue weighted by Crippen LogP contribution is -2.35. The molecule has 32 heavy (non-hydrogen) atoms. The second kappa shape index (κ2) is 9.44. The van der Waals surface area contributed by atoms with Crippen LogP contribution in [0.15, 0.2) is 51.7 Å². The lowest BCUT2D eigenvalue weighted by atomic mass is 10.1. The molecule has 0 spiro atoms. The number of carbonyl (C=O) groups excluding carboxylic acids is 1. The highest BCUT2D eigenvalue weighted by molar-refractivity contribution is 5.92. The van der Waals surface area contributed by atoms with Crippen molar-refractivity contribution in [3.63, 3.8) is 0 Å². The Kier molecular flexibility index (Phi) is 6.46. The minimum absolute atomic E-state index is 0. The van der Waals surface area contributed by atoms with Gasteiger partial charge in [0.25, 0.3) is 0 Å². The number of likely N-dealkylation sites (tertiary alicyclic amines) is 1. The number of benzene rings is 2. The molecule has 2 heterocycles. The predicted octanol–water partition coefficient (Wildman–Crippen LogP) is 4.70. The van der Waals surface area contributed by atoms with Crippen molar-refractivity contribution in [3.05, 3.63) is 69.6 Å². The standard InChI is InChI=1S/C25H29N3O4.2H2/c1-16-4-6-18(7-5-16)15-26-25(30)27-21-14-19-8-9-22(17(2)23(19)32-24(21)29)31-20-10-12-28(3)13-11-20;;/h4-9,14,20H,10-13,15H2,1-3H3,(H2,26,27,30);2*1H. The first-order valence-electron chi connectivity index (χ1n) is 10.9. The van der Waals surface area contributed by atoms with Gasteiger partial charge in [-0.05, 0) is 57.5 Å². The Morgan fingerprint density at radius 1 is 1.16 bits per heavy atom. The molecule has 0 unspecified atom stereocenters. The van der Waals surface area contributed by atoms with Gasteiger partial charge in [-0.15, -0.1) is 0 Å². The summed E-state index contributed by atoms with van der Waals surface area (Å²) in [6, 6.07) is 12.8. The molecule has 4 rings (SSSR count). The number of nitrogens with one attached hydrogen (secondary N) is 2. The molecule has 1 aliphatic heterocycles. The molecule has 2 aromatic carbocycles. The molecule has 2 N–H and O–H groups in total. The maximum Gasteiger partial charge on any atom is 0.360 e. The van der Waals surface area contributed by atoms with Gasteiger partial charge in [-0.25, -0.2) is 9.59 Å². The third kappa shape index (κ3) is 5.11. The normalized spacial score (nSPS) is 15.0. The Bertz CT molecular complexity index is 1170. The number of carbonyl (C=O) groups is 1. The van der Waals surface area contributed by atoms with Gasteiger partial charge in [-0.1, -0.05) is 29.8 Å². The topological polar surface area (TPSA) is 83.8 Å². The van der Waals surface area contributed by atoms with Gasteiger partial charge < -0.3 is 24.7 Å². The summed E-state index contributed by atoms with van der Waals surface area (Å²) in [6.07, 6.45) is 2.10. The van der Waals surface area contributed by atoms with E-state index in [2.05, 4.69) is 22.6 Å². The molecule has 0 bridgehead atoms. The molecule has 1 saturated heterocycles. The number of fused-ring (bicyclic) bond motifs is 1. The van der Waals surface area contributed by atoms with Crippen molar-refractivity contribution in [1.82, 2.24) is 10.2 Å². The van der Waals surface area contributed by atoms with E-state index >= 15 is 0 Å². The minimum atomic E-state index is -0.595. The second-order valence-electron chi connectivity index (χ2n) is 8.47. The van der Waals surface area contributed by atoms with Crippen LogP contribution in [0.2, 0.25) is 0 Å². The fraction of sp³-hybridized carbons (Fsp3) is 0.360. The number of anilines is 1. The molecule has 3 aromatic rings. The number of hydrogen-bond acceptors (Lipinski definition) is 5. The van der Waals surface area contributed by atoms with Crippen molar-refractivity contribution in [2.24, 2.45) is 0 Å². The van der Waals surface area contributed by atoms with Crippen LogP contribution in [-0.2, 0) is 6.54 Å². The summed E-state index contributed by atoms with van der Waals surface area (Å²) < 4.78 is 11.8. The predicted molar refractivity (Wildman–Crippen MR) is 130 cm³/mol. The first-order valence-corrected chi connectivity index (χ1v) is 10.9. The lowest BCUT2D eigenvalue weighted by Gasteiger charge is -2.29. The van der Waals surface area contributed by atoms with E-state index in [1.807, 2.05) is 50.2 Å². The third-order valence-corrected chi connectivity index (χ3v) is 5.88. The first kappa shape index (κ1) is 21.9. The molecular formula is C25H33N3O4. The van der Waals surface area contributed by atoms with Gasteiger partial charge in [0.05, 0.1) is 0 Å². The van der Waals surface area contributed by atoms with Crippen LogP contribution in [0.25, 0.3) is 11.0 Å². The molecule has 1 fully saturated rings. The van der Waals surface area contributed by atoms with E-state index in [1.54, 1.807) is 6.07 Å². The van der Waals surface area contributed by atoms with E-state index in [0.717, 1.165) is 53.8 Å². The summed E-state index contributed by atoms with van der Waals surface area (Å²) in [5, 5.41) is 6.08. The monoisotopic (exact) mass is 439 g/mol. The van der Waals surface area contributed by atoms with Gasteiger partial charge in [-0.2, -0.15) is 0 Å². The summed E-state index contributed by atoms with van der Waals surface area (Å²) in [5.74, 6) is 0.728. The van der Waals surface area contributed by atoms with Crippen molar-refractivity contribution >= 4 is 22.7 Å². The fourth-order valence-corrected chi connectivity index (χ4v) is 3.86. The summed E-state index contributed by atoms with van der Waals surface area (Å²) in [7, 11) is 2.11. The number of urea groups is 1. The van der Waals surface area contributed by atoms with Crippen LogP contribution in [0.5, 0.6) is 5.75 Å². The first-order chi connectivity index (χ1) is 15.4. The van der Waals surface area contributed by atoms with Crippen molar-refractivity contribution < 1.29 is 16.8 Å². The maximum atomic E-state index is 12.5. The zero-order valence-electron chi connectivity index (χ0n) is 18.7. The van der Waals surface area contributed by atoms with Gasteiger partial charge in [0, 0.05) is 33.4 Å². The Labute approximate surface area is 190 Å². The molecule has 172 valence electrons. The number of hydrogen-bond donors (Lipinski definition) is 2. The van der Waals surface area contributed by atoms with Crippen molar-refractivity contribution in [1.29, 1.82) is 0 Å². The van der Waals surface area contributed by atoms with Crippen LogP contribution in [0.1, 0.15) is 32.4 Å². The molecule has 0 atom stereocenters. The van der Waals surface area contributed by atoms with E-state index in [-0.39, 0.29) is 14.6 Å². The van der Waals surface area contributed by atoms with E-state index in [4.69, 9.17) is 9.15 Å². The Morgan fingerprint density at radius 2 is 1.88 bits per heavy atom. The highest BCUT2D eigenvalue weighted by Crippen LogP contribution is 2.29. The molecule has 7 nitrogen and oxygen atoms in total. The van der Waals surface area contributed by atoms with Gasteiger partial charge in [0.2, 0.25) is 0 Å². The van der Waals surface area contributed by atoms with Crippen LogP contribution < -0.4 is 21.0 Å². The third-order valence-electron chi connectivity index (χ3n) is 5.88. The summed E-state index contributed by atoms with van der Waals surface area (Å²) in [6.45, 7) is 6.27. The molecule has 2 amide bonds. The quantitative estimate of drug-likeness (QED) is 0.563. The number of rotatable bonds is 5. The van der Waals surface area contributed by atoms with Crippen molar-refractivity contribution in [2.75, 3.05) is 25.5 Å². The SMILES string of the molecule is Cc1ccc(CNC(=O)Nc2cc3ccc(OC4CCN(C)CC4)c(C)c3oc2=O)cc1.[HH].[HH]. The zero-order chi connectivity index (χ0) is 22.7. The van der Waals surface area contributed by atoms with E-state index in [0.29, 0.717) is 12.1 Å². The molecule has 0 saturated carbocycles. The van der Waals surface area contributed by atoms with Crippen molar-refractivity contribution in [2.45, 2.75) is 39.3 Å². The summed E-state index contributed by atoms with van der Waals surface area (Å²) in [5.41, 5.74) is 2.90. The molecule has 0 aliphatic carbocycles. The fourth-order valence-electron chi connectivity index (χ4n) is 3.86. The molecule has 0 radical (unpaired) electrons. The highest BCUT2D eigenvalue weighted by Gasteiger charge is 2.20. The van der Waals surface area contributed by atoms with E-state index < -0.39 is 11.7 Å². The molecule has 1 aliphatic rings. The van der Waals surface area contributed by atoms with Gasteiger partial charge >= 0.3 is 11.7 Å². The van der Waals surface area contributed by atoms with Crippen LogP contribution in [0, 0.1) is 13.8 Å². The number of amides is 2. The van der Waals surface area contributed by atoms with E-state index in [9.17, 15) is 9.59 Å². The van der Waals surface area contributed by atoms with Crippen LogP contribution in [-0.4, -0.2) is 37.2 Å².